The lowest BCUT2D eigenvalue weighted by atomic mass is 10.4. The van der Waals surface area contributed by atoms with E-state index in [-0.39, 0.29) is 5.17 Å². The van der Waals surface area contributed by atoms with Gasteiger partial charge in [-0.15, -0.1) is 0 Å². The maximum Gasteiger partial charge on any atom is 0.193 e. The minimum atomic E-state index is 0.0137. The maximum absolute atomic E-state index is 8.53. The van der Waals surface area contributed by atoms with Gasteiger partial charge < -0.3 is 5.21 Å². The van der Waals surface area contributed by atoms with Crippen LogP contribution in [0.4, 0.5) is 0 Å². The van der Waals surface area contributed by atoms with E-state index in [1.807, 2.05) is 26.0 Å². The highest BCUT2D eigenvalue weighted by atomic mass is 79.9. The summed E-state index contributed by atoms with van der Waals surface area (Å²) in [6.07, 6.45) is 3.33. The second kappa shape index (κ2) is 5.86. The molecule has 0 bridgehead atoms. The minimum Gasteiger partial charge on any atom is -0.410 e. The van der Waals surface area contributed by atoms with E-state index in [2.05, 4.69) is 26.1 Å². The quantitative estimate of drug-likeness (QED) is 0.498. The molecular weight excluding hydrogens is 293 g/mol. The van der Waals surface area contributed by atoms with Gasteiger partial charge >= 0.3 is 0 Å². The Labute approximate surface area is 107 Å². The fourth-order valence-corrected chi connectivity index (χ4v) is 1.62. The summed E-state index contributed by atoms with van der Waals surface area (Å²) in [5, 5.41) is 11.5. The van der Waals surface area contributed by atoms with Crippen LogP contribution >= 0.6 is 27.5 Å². The van der Waals surface area contributed by atoms with Crippen molar-refractivity contribution in [2.45, 2.75) is 13.8 Å². The van der Waals surface area contributed by atoms with E-state index < -0.39 is 0 Å². The van der Waals surface area contributed by atoms with E-state index >= 15 is 0 Å². The first-order valence-corrected chi connectivity index (χ1v) is 5.90. The van der Waals surface area contributed by atoms with Crippen molar-refractivity contribution in [3.63, 3.8) is 0 Å². The molecule has 16 heavy (non-hydrogen) atoms. The summed E-state index contributed by atoms with van der Waals surface area (Å²) in [5.41, 5.74) is 1.29. The zero-order valence-electron chi connectivity index (χ0n) is 8.85. The number of hydrogen-bond donors (Lipinski definition) is 1. The van der Waals surface area contributed by atoms with Gasteiger partial charge in [-0.1, -0.05) is 46.5 Å². The van der Waals surface area contributed by atoms with Gasteiger partial charge in [0.2, 0.25) is 0 Å². The lowest BCUT2D eigenvalue weighted by Gasteiger charge is -1.97. The third-order valence-electron chi connectivity index (χ3n) is 1.77. The summed E-state index contributed by atoms with van der Waals surface area (Å²) in [6, 6.07) is 3.69. The van der Waals surface area contributed by atoms with Gasteiger partial charge in [0.25, 0.3) is 0 Å². The molecule has 0 spiro atoms. The molecule has 1 N–H and O–H groups in total. The van der Waals surface area contributed by atoms with Crippen LogP contribution in [0.1, 0.15) is 19.5 Å². The first-order chi connectivity index (χ1) is 7.72. The molecule has 0 aliphatic carbocycles. The molecule has 0 unspecified atom stereocenters. The van der Waals surface area contributed by atoms with Crippen molar-refractivity contribution in [1.82, 2.24) is 9.38 Å². The Morgan fingerprint density at radius 2 is 2.25 bits per heavy atom. The Kier molecular flexibility index (Phi) is 4.76. The van der Waals surface area contributed by atoms with E-state index in [1.165, 1.54) is 0 Å². The zero-order valence-corrected chi connectivity index (χ0v) is 11.2. The number of aromatic nitrogens is 2. The predicted octanol–water partition coefficient (Wildman–Crippen LogP) is 3.50. The van der Waals surface area contributed by atoms with Crippen molar-refractivity contribution < 1.29 is 5.21 Å². The molecule has 2 heterocycles. The zero-order chi connectivity index (χ0) is 12.1. The van der Waals surface area contributed by atoms with Crippen molar-refractivity contribution in [3.8, 4) is 0 Å². The van der Waals surface area contributed by atoms with Gasteiger partial charge in [-0.3, -0.25) is 4.40 Å². The maximum atomic E-state index is 8.53. The highest BCUT2D eigenvalue weighted by molar-refractivity contribution is 9.10. The van der Waals surface area contributed by atoms with Crippen LogP contribution < -0.4 is 0 Å². The van der Waals surface area contributed by atoms with Crippen LogP contribution in [-0.4, -0.2) is 19.8 Å². The highest BCUT2D eigenvalue weighted by Gasteiger charge is 2.07. The van der Waals surface area contributed by atoms with E-state index in [1.54, 1.807) is 16.8 Å². The summed E-state index contributed by atoms with van der Waals surface area (Å²) in [5.74, 6) is 0. The van der Waals surface area contributed by atoms with Gasteiger partial charge in [-0.2, -0.15) is 0 Å². The monoisotopic (exact) mass is 303 g/mol. The number of halogens is 2. The number of imidazole rings is 1. The Morgan fingerprint density at radius 3 is 2.88 bits per heavy atom. The molecular formula is C10H11BrClN3O. The van der Waals surface area contributed by atoms with Gasteiger partial charge in [-0.25, -0.2) is 4.98 Å². The molecule has 6 heteroatoms. The molecule has 0 aliphatic rings. The van der Waals surface area contributed by atoms with Crippen molar-refractivity contribution >= 4 is 38.3 Å². The van der Waals surface area contributed by atoms with Crippen molar-refractivity contribution in [2.75, 3.05) is 0 Å². The van der Waals surface area contributed by atoms with Crippen LogP contribution in [0, 0.1) is 0 Å². The Bertz CT molecular complexity index is 510. The number of rotatable bonds is 1. The minimum absolute atomic E-state index is 0.0137. The van der Waals surface area contributed by atoms with Gasteiger partial charge in [0.15, 0.2) is 5.17 Å². The topological polar surface area (TPSA) is 49.9 Å². The molecule has 0 aromatic carbocycles. The third kappa shape index (κ3) is 2.54. The third-order valence-corrected chi connectivity index (χ3v) is 2.54. The molecule has 0 amide bonds. The highest BCUT2D eigenvalue weighted by Crippen LogP contribution is 2.15. The smallest absolute Gasteiger partial charge is 0.193 e. The van der Waals surface area contributed by atoms with Gasteiger partial charge in [0.1, 0.15) is 11.3 Å². The first-order valence-electron chi connectivity index (χ1n) is 4.73. The Morgan fingerprint density at radius 1 is 1.56 bits per heavy atom. The molecule has 2 rings (SSSR count). The number of nitrogens with zero attached hydrogens (tertiary/aromatic N) is 3. The number of hydrogen-bond acceptors (Lipinski definition) is 3. The SMILES string of the molecule is CC.O/N=C(\Cl)c1cnc2cc(Br)ccn12. The van der Waals surface area contributed by atoms with Crippen LogP contribution in [0.3, 0.4) is 0 Å². The van der Waals surface area contributed by atoms with Crippen LogP contribution in [-0.2, 0) is 0 Å². The fraction of sp³-hybridized carbons (Fsp3) is 0.200. The van der Waals surface area contributed by atoms with Crippen molar-refractivity contribution in [1.29, 1.82) is 0 Å². The molecule has 2 aromatic rings. The molecule has 0 fully saturated rings. The predicted molar refractivity (Wildman–Crippen MR) is 68.4 cm³/mol. The lowest BCUT2D eigenvalue weighted by molar-refractivity contribution is 0.320. The normalized spacial score (nSPS) is 11.1. The average Bonchev–Trinajstić information content (AvgIpc) is 2.73. The summed E-state index contributed by atoms with van der Waals surface area (Å²) in [7, 11) is 0. The summed E-state index contributed by atoms with van der Waals surface area (Å²) < 4.78 is 2.66. The van der Waals surface area contributed by atoms with E-state index in [0.29, 0.717) is 5.69 Å². The lowest BCUT2D eigenvalue weighted by Crippen LogP contribution is -1.96. The standard InChI is InChI=1S/C8H5BrClN3O.C2H6/c9-5-1-2-13-6(8(10)12-14)4-11-7(13)3-5;1-2/h1-4,14H;1-2H3/b12-8-;. The second-order valence-electron chi connectivity index (χ2n) is 2.61. The van der Waals surface area contributed by atoms with Crippen LogP contribution in [0.15, 0.2) is 34.2 Å². The Hall–Kier alpha value is -1.07. The number of pyridine rings is 1. The molecule has 86 valence electrons. The van der Waals surface area contributed by atoms with E-state index in [4.69, 9.17) is 16.8 Å². The molecule has 0 saturated heterocycles. The first kappa shape index (κ1) is 13.0. The fourth-order valence-electron chi connectivity index (χ4n) is 1.16. The second-order valence-corrected chi connectivity index (χ2v) is 3.88. The van der Waals surface area contributed by atoms with Gasteiger partial charge in [-0.05, 0) is 12.1 Å². The summed E-state index contributed by atoms with van der Waals surface area (Å²) in [6.45, 7) is 4.00. The van der Waals surface area contributed by atoms with Crippen LogP contribution in [0.25, 0.3) is 5.65 Å². The molecule has 0 radical (unpaired) electrons. The molecule has 0 saturated carbocycles. The number of oxime groups is 1. The largest absolute Gasteiger partial charge is 0.410 e. The Balaban J connectivity index is 0.000000606. The van der Waals surface area contributed by atoms with Gasteiger partial charge in [0, 0.05) is 10.7 Å². The molecule has 0 atom stereocenters. The van der Waals surface area contributed by atoms with E-state index in [0.717, 1.165) is 10.1 Å². The molecule has 2 aromatic heterocycles. The van der Waals surface area contributed by atoms with Crippen LogP contribution in [0.2, 0.25) is 0 Å². The molecule has 0 aliphatic heterocycles. The van der Waals surface area contributed by atoms with Crippen molar-refractivity contribution in [3.05, 3.63) is 34.7 Å². The number of fused-ring (bicyclic) bond motifs is 1. The van der Waals surface area contributed by atoms with Gasteiger partial charge in [0.05, 0.1) is 6.20 Å². The summed E-state index contributed by atoms with van der Waals surface area (Å²) in [4.78, 5) is 4.11. The summed E-state index contributed by atoms with van der Waals surface area (Å²) >= 11 is 9.01. The average molecular weight is 305 g/mol. The van der Waals surface area contributed by atoms with Crippen molar-refractivity contribution in [2.24, 2.45) is 5.16 Å². The molecule has 4 nitrogen and oxygen atoms in total. The van der Waals surface area contributed by atoms with Crippen LogP contribution in [0.5, 0.6) is 0 Å². The van der Waals surface area contributed by atoms with E-state index in [9.17, 15) is 0 Å².